The molecule has 0 saturated heterocycles. The molecule has 1 rings (SSSR count). The molecule has 0 fully saturated rings. The summed E-state index contributed by atoms with van der Waals surface area (Å²) in [5, 5.41) is 16.6. The number of rotatable bonds is 1. The van der Waals surface area contributed by atoms with Crippen molar-refractivity contribution < 1.29 is 10.1 Å². The topological polar surface area (TPSA) is 68.5 Å². The van der Waals surface area contributed by atoms with Crippen LogP contribution in [0.4, 0.5) is 11.4 Å². The average Bonchev–Trinajstić information content (AvgIpc) is 2.05. The molecular weight excluding hydrogens is 146 g/mol. The minimum atomic E-state index is -0.263. The number of hydrogen-bond donors (Lipinski definition) is 1. The van der Waals surface area contributed by atoms with Gasteiger partial charge in [-0.05, 0) is 0 Å². The molecule has 0 aromatic heterocycles. The Labute approximate surface area is 62.0 Å². The van der Waals surface area contributed by atoms with Crippen molar-refractivity contribution in [3.05, 3.63) is 34.1 Å². The zero-order chi connectivity index (χ0) is 8.27. The van der Waals surface area contributed by atoms with Crippen molar-refractivity contribution in [2.24, 2.45) is 0 Å². The summed E-state index contributed by atoms with van der Waals surface area (Å²) in [5.41, 5.74) is 0.424. The van der Waals surface area contributed by atoms with E-state index in [1.807, 2.05) is 0 Å². The number of benzene rings is 1. The smallest absolute Gasteiger partial charge is 0.241 e. The van der Waals surface area contributed by atoms with E-state index in [0.717, 1.165) is 0 Å². The summed E-state index contributed by atoms with van der Waals surface area (Å²) in [5.74, 6) is 0. The van der Waals surface area contributed by atoms with Gasteiger partial charge in [-0.25, -0.2) is 5.21 Å². The quantitative estimate of drug-likeness (QED) is 0.492. The van der Waals surface area contributed by atoms with Crippen LogP contribution in [-0.4, -0.2) is 10.1 Å². The molecule has 0 spiro atoms. The van der Waals surface area contributed by atoms with Crippen LogP contribution in [0.15, 0.2) is 24.3 Å². The van der Waals surface area contributed by atoms with Gasteiger partial charge in [-0.15, -0.1) is 0 Å². The van der Waals surface area contributed by atoms with E-state index in [1.165, 1.54) is 24.3 Å². The van der Waals surface area contributed by atoms with Crippen LogP contribution >= 0.6 is 0 Å². The Balaban J connectivity index is 3.03. The Morgan fingerprint density at radius 2 is 1.91 bits per heavy atom. The second-order valence-corrected chi connectivity index (χ2v) is 1.89. The predicted octanol–water partition coefficient (Wildman–Crippen LogP) is 1.97. The first kappa shape index (κ1) is 7.15. The average molecular weight is 151 g/mol. The first-order chi connectivity index (χ1) is 5.24. The molecule has 0 saturated carbocycles. The lowest BCUT2D eigenvalue weighted by molar-refractivity contribution is -0.729. The molecule has 5 nitrogen and oxygen atoms in total. The molecule has 1 N–H and O–H groups in total. The SMILES string of the molecule is N#[N+]c1ccc([N+](=O)O)cc1. The first-order valence-electron chi connectivity index (χ1n) is 2.85. The lowest BCUT2D eigenvalue weighted by Crippen LogP contribution is -1.89. The summed E-state index contributed by atoms with van der Waals surface area (Å²) in [6.45, 7) is 0. The number of diazo groups is 1. The highest BCUT2D eigenvalue weighted by Crippen LogP contribution is 2.16. The van der Waals surface area contributed by atoms with Crippen LogP contribution in [0.5, 0.6) is 0 Å². The zero-order valence-corrected chi connectivity index (χ0v) is 5.51. The third kappa shape index (κ3) is 1.49. The molecule has 0 unspecified atom stereocenters. The summed E-state index contributed by atoms with van der Waals surface area (Å²) >= 11 is 0. The lowest BCUT2D eigenvalue weighted by Gasteiger charge is -1.77. The van der Waals surface area contributed by atoms with Crippen molar-refractivity contribution in [3.63, 3.8) is 0 Å². The van der Waals surface area contributed by atoms with Gasteiger partial charge >= 0.3 is 11.4 Å². The van der Waals surface area contributed by atoms with Crippen molar-refractivity contribution >= 4 is 11.4 Å². The van der Waals surface area contributed by atoms with E-state index in [-0.39, 0.29) is 10.6 Å². The Kier molecular flexibility index (Phi) is 1.79. The molecule has 0 bridgehead atoms. The van der Waals surface area contributed by atoms with Crippen LogP contribution in [-0.2, 0) is 0 Å². The summed E-state index contributed by atoms with van der Waals surface area (Å²) < 4.78 is 0. The number of nitrogens with zero attached hydrogens (tertiary/aromatic N) is 3. The monoisotopic (exact) mass is 151 g/mol. The van der Waals surface area contributed by atoms with Crippen molar-refractivity contribution in [1.82, 2.24) is 0 Å². The van der Waals surface area contributed by atoms with Gasteiger partial charge in [-0.3, -0.25) is 0 Å². The maximum Gasteiger partial charge on any atom is 0.385 e. The van der Waals surface area contributed by atoms with Gasteiger partial charge in [0.1, 0.15) is 0 Å². The maximum atomic E-state index is 10.2. The van der Waals surface area contributed by atoms with Crippen LogP contribution in [0.25, 0.3) is 4.98 Å². The van der Waals surface area contributed by atoms with Crippen molar-refractivity contribution in [2.75, 3.05) is 0 Å². The summed E-state index contributed by atoms with van der Waals surface area (Å²) in [7, 11) is 0. The highest BCUT2D eigenvalue weighted by Gasteiger charge is 2.13. The maximum absolute atomic E-state index is 10.2. The van der Waals surface area contributed by atoms with Gasteiger partial charge in [0.05, 0.1) is 4.91 Å². The Morgan fingerprint density at radius 3 is 2.27 bits per heavy atom. The normalized spacial score (nSPS) is 8.64. The third-order valence-electron chi connectivity index (χ3n) is 1.19. The molecule has 5 heteroatoms. The molecule has 1 aromatic carbocycles. The largest absolute Gasteiger partial charge is 0.385 e. The van der Waals surface area contributed by atoms with Gasteiger partial charge in [-0.2, -0.15) is 0 Å². The van der Waals surface area contributed by atoms with E-state index < -0.39 is 0 Å². The molecule has 0 aliphatic carbocycles. The van der Waals surface area contributed by atoms with Crippen LogP contribution < -0.4 is 0 Å². The number of hydrogen-bond acceptors (Lipinski definition) is 2. The molecular formula is C6H5N3O2+2. The van der Waals surface area contributed by atoms with Crippen molar-refractivity contribution in [1.29, 1.82) is 5.39 Å². The molecule has 0 amide bonds. The van der Waals surface area contributed by atoms with Crippen LogP contribution in [0.2, 0.25) is 0 Å². The predicted molar refractivity (Wildman–Crippen MR) is 36.3 cm³/mol. The van der Waals surface area contributed by atoms with E-state index in [2.05, 4.69) is 4.98 Å². The summed E-state index contributed by atoms with van der Waals surface area (Å²) in [6.07, 6.45) is 0. The minimum Gasteiger partial charge on any atom is -0.241 e. The molecule has 0 atom stereocenters. The van der Waals surface area contributed by atoms with E-state index in [0.29, 0.717) is 5.69 Å². The van der Waals surface area contributed by atoms with Crippen molar-refractivity contribution in [2.45, 2.75) is 0 Å². The van der Waals surface area contributed by atoms with Gasteiger partial charge in [0, 0.05) is 24.3 Å². The molecule has 1 aromatic rings. The molecule has 54 valence electrons. The molecule has 0 aliphatic heterocycles. The highest BCUT2D eigenvalue weighted by atomic mass is 16.6. The van der Waals surface area contributed by atoms with Crippen LogP contribution in [0.1, 0.15) is 0 Å². The molecule has 0 radical (unpaired) electrons. The van der Waals surface area contributed by atoms with Crippen LogP contribution in [0.3, 0.4) is 0 Å². The molecule has 0 heterocycles. The van der Waals surface area contributed by atoms with E-state index in [1.54, 1.807) is 0 Å². The second kappa shape index (κ2) is 2.75. The van der Waals surface area contributed by atoms with E-state index in [4.69, 9.17) is 10.6 Å². The van der Waals surface area contributed by atoms with Gasteiger partial charge in [0.2, 0.25) is 5.39 Å². The van der Waals surface area contributed by atoms with Crippen LogP contribution in [0, 0.1) is 10.3 Å². The molecule has 0 aliphatic rings. The van der Waals surface area contributed by atoms with Crippen molar-refractivity contribution in [3.8, 4) is 0 Å². The van der Waals surface area contributed by atoms with E-state index in [9.17, 15) is 4.91 Å². The lowest BCUT2D eigenvalue weighted by atomic mass is 10.3. The van der Waals surface area contributed by atoms with Gasteiger partial charge in [0.25, 0.3) is 4.92 Å². The first-order valence-corrected chi connectivity index (χ1v) is 2.85. The molecule has 11 heavy (non-hydrogen) atoms. The fourth-order valence-electron chi connectivity index (χ4n) is 0.647. The zero-order valence-electron chi connectivity index (χ0n) is 5.51. The Hall–Kier alpha value is -1.96. The second-order valence-electron chi connectivity index (χ2n) is 1.89. The Bertz CT molecular complexity index is 312. The van der Waals surface area contributed by atoms with Gasteiger partial charge in [0.15, 0.2) is 4.98 Å². The fourth-order valence-corrected chi connectivity index (χ4v) is 0.647. The third-order valence-corrected chi connectivity index (χ3v) is 1.19. The van der Waals surface area contributed by atoms with Gasteiger partial charge < -0.3 is 0 Å². The van der Waals surface area contributed by atoms with E-state index >= 15 is 0 Å². The fraction of sp³-hybridized carbons (Fsp3) is 0. The van der Waals surface area contributed by atoms with Gasteiger partial charge in [-0.1, -0.05) is 0 Å². The highest BCUT2D eigenvalue weighted by molar-refractivity contribution is 5.48. The minimum absolute atomic E-state index is 0.0948. The standard InChI is InChI=1S/C6H5N3O2/c7-8-5-1-3-6(4-2-5)9(10)11/h1-4H,(H,10,11)/q+2. The summed E-state index contributed by atoms with van der Waals surface area (Å²) in [6, 6.07) is 5.47. The summed E-state index contributed by atoms with van der Waals surface area (Å²) in [4.78, 5) is 12.8. The Morgan fingerprint density at radius 1 is 1.36 bits per heavy atom.